The number of para-hydroxylation sites is 1. The lowest BCUT2D eigenvalue weighted by Gasteiger charge is -2.20. The second kappa shape index (κ2) is 16.5. The number of imidazole rings is 1. The zero-order valence-electron chi connectivity index (χ0n) is 25.3. The summed E-state index contributed by atoms with van der Waals surface area (Å²) in [6, 6.07) is 30.5. The molecule has 0 unspecified atom stereocenters. The van der Waals surface area contributed by atoms with Crippen LogP contribution in [-0.2, 0) is 0 Å². The zero-order chi connectivity index (χ0) is 30.4. The van der Waals surface area contributed by atoms with Gasteiger partial charge >= 0.3 is 0 Å². The Morgan fingerprint density at radius 3 is 2.49 bits per heavy atom. The molecule has 5 aromatic rings. The van der Waals surface area contributed by atoms with Crippen molar-refractivity contribution in [1.82, 2.24) is 9.55 Å². The molecule has 0 saturated heterocycles. The fourth-order valence-corrected chi connectivity index (χ4v) is 5.13. The quantitative estimate of drug-likeness (QED) is 0.116. The van der Waals surface area contributed by atoms with Crippen LogP contribution >= 0.6 is 24.0 Å². The number of thiocarbonyl (C=S) groups is 1. The lowest BCUT2D eigenvalue weighted by Crippen LogP contribution is -2.29. The van der Waals surface area contributed by atoms with Crippen LogP contribution in [-0.4, -0.2) is 34.6 Å². The van der Waals surface area contributed by atoms with Crippen molar-refractivity contribution in [1.29, 1.82) is 0 Å². The van der Waals surface area contributed by atoms with E-state index in [2.05, 4.69) is 60.8 Å². The Morgan fingerprint density at radius 1 is 0.953 bits per heavy atom. The Morgan fingerprint density at radius 2 is 1.74 bits per heavy atom. The van der Waals surface area contributed by atoms with E-state index in [4.69, 9.17) is 21.7 Å². The third-order valence-electron chi connectivity index (χ3n) is 6.77. The van der Waals surface area contributed by atoms with Crippen molar-refractivity contribution in [2.45, 2.75) is 33.1 Å². The molecule has 0 aliphatic heterocycles. The maximum absolute atomic E-state index is 5.98. The van der Waals surface area contributed by atoms with E-state index in [0.717, 1.165) is 46.9 Å². The second-order valence-corrected chi connectivity index (χ2v) is 11.1. The Bertz CT molecular complexity index is 1630. The number of thioether (sulfide) groups is 1. The lowest BCUT2D eigenvalue weighted by molar-refractivity contribution is 0.305. The van der Waals surface area contributed by atoms with Crippen LogP contribution in [0.15, 0.2) is 115 Å². The molecule has 0 bridgehead atoms. The number of unbranched alkanes of at least 4 members (excludes halogenated alkanes) is 2. The highest BCUT2D eigenvalue weighted by Gasteiger charge is 2.11. The Labute approximate surface area is 265 Å². The molecule has 1 aromatic heterocycles. The normalized spacial score (nSPS) is 11.0. The summed E-state index contributed by atoms with van der Waals surface area (Å²) < 4.78 is 13.8. The zero-order valence-corrected chi connectivity index (χ0v) is 26.9. The molecule has 43 heavy (non-hydrogen) atoms. The maximum atomic E-state index is 5.98. The number of benzene rings is 4. The average Bonchev–Trinajstić information content (AvgIpc) is 3.57. The number of fused-ring (bicyclic) bond motifs is 1. The molecule has 222 valence electrons. The molecule has 0 aliphatic rings. The van der Waals surface area contributed by atoms with E-state index in [1.54, 1.807) is 18.0 Å². The maximum Gasteiger partial charge on any atom is 0.269 e. The minimum atomic E-state index is 0.431. The fourth-order valence-electron chi connectivity index (χ4n) is 4.46. The number of hydrogen-bond acceptors (Lipinski definition) is 5. The van der Waals surface area contributed by atoms with Gasteiger partial charge in [0.05, 0.1) is 18.6 Å². The summed E-state index contributed by atoms with van der Waals surface area (Å²) in [5.74, 6) is 1.69. The first-order valence-electron chi connectivity index (χ1n) is 14.4. The first-order chi connectivity index (χ1) is 21.0. The summed E-state index contributed by atoms with van der Waals surface area (Å²) >= 11 is 7.09. The molecule has 0 saturated carbocycles. The van der Waals surface area contributed by atoms with E-state index in [9.17, 15) is 0 Å². The predicted octanol–water partition coefficient (Wildman–Crippen LogP) is 9.61. The smallest absolute Gasteiger partial charge is 0.269 e. The molecule has 0 radical (unpaired) electrons. The van der Waals surface area contributed by atoms with Crippen molar-refractivity contribution in [3.05, 3.63) is 126 Å². The molecule has 0 fully saturated rings. The predicted molar refractivity (Wildman–Crippen MR) is 187 cm³/mol. The van der Waals surface area contributed by atoms with Gasteiger partial charge < -0.3 is 18.9 Å². The van der Waals surface area contributed by atoms with Crippen molar-refractivity contribution in [3.63, 3.8) is 0 Å². The van der Waals surface area contributed by atoms with Crippen LogP contribution in [0.25, 0.3) is 16.5 Å². The van der Waals surface area contributed by atoms with E-state index in [0.29, 0.717) is 5.17 Å². The van der Waals surface area contributed by atoms with Gasteiger partial charge in [-0.15, -0.1) is 11.8 Å². The van der Waals surface area contributed by atoms with Gasteiger partial charge in [-0.25, -0.2) is 4.98 Å². The monoisotopic (exact) mass is 609 g/mol. The molecule has 1 heterocycles. The SMILES string of the molecule is CCCCCOc1ccccc1/C(=C\SC)n1ccnc1.Cc1cccc(N(C)C(=S)Oc2ccc3ccccc3c2)c1. The first-order valence-corrected chi connectivity index (χ1v) is 16.1. The summed E-state index contributed by atoms with van der Waals surface area (Å²) in [6.45, 7) is 5.03. The topological polar surface area (TPSA) is 39.5 Å². The second-order valence-electron chi connectivity index (χ2n) is 10.0. The van der Waals surface area contributed by atoms with Gasteiger partial charge in [-0.1, -0.05) is 74.4 Å². The standard InChI is InChI=1S/C19H17NOS.C17H22N2OS/c1-14-6-5-9-17(12-14)20(2)19(22)21-18-11-10-15-7-3-4-8-16(15)13-18;1-3-4-7-12-20-17-9-6-5-8-15(17)16(13-21-2)19-11-10-18-14-19/h3-13H,1-2H3;5-6,8-11,13-14H,3-4,7,12H2,1-2H3/b;16-13+. The Kier molecular flexibility index (Phi) is 12.3. The summed E-state index contributed by atoms with van der Waals surface area (Å²) in [5.41, 5.74) is 4.40. The third kappa shape index (κ3) is 9.21. The molecule has 0 amide bonds. The minimum absolute atomic E-state index is 0.431. The number of aryl methyl sites for hydroxylation is 1. The molecule has 7 heteroatoms. The van der Waals surface area contributed by atoms with Gasteiger partial charge in [0.25, 0.3) is 5.17 Å². The van der Waals surface area contributed by atoms with Crippen molar-refractivity contribution in [2.24, 2.45) is 0 Å². The van der Waals surface area contributed by atoms with Crippen molar-refractivity contribution in [2.75, 3.05) is 24.8 Å². The number of hydrogen-bond donors (Lipinski definition) is 0. The highest BCUT2D eigenvalue weighted by molar-refractivity contribution is 8.01. The molecular formula is C36H39N3O2S2. The molecule has 4 aromatic carbocycles. The van der Waals surface area contributed by atoms with E-state index in [1.165, 1.54) is 23.8 Å². The van der Waals surface area contributed by atoms with Crippen LogP contribution in [0.4, 0.5) is 5.69 Å². The van der Waals surface area contributed by atoms with Gasteiger partial charge in [0.1, 0.15) is 11.5 Å². The van der Waals surface area contributed by atoms with Crippen molar-refractivity contribution in [3.8, 4) is 11.5 Å². The van der Waals surface area contributed by atoms with Crippen LogP contribution in [0.1, 0.15) is 37.3 Å². The van der Waals surface area contributed by atoms with Gasteiger partial charge in [0.15, 0.2) is 0 Å². The van der Waals surface area contributed by atoms with Gasteiger partial charge in [0.2, 0.25) is 0 Å². The summed E-state index contributed by atoms with van der Waals surface area (Å²) in [6.07, 6.45) is 11.1. The molecule has 5 nitrogen and oxygen atoms in total. The van der Waals surface area contributed by atoms with Crippen LogP contribution in [0.2, 0.25) is 0 Å². The third-order valence-corrected chi connectivity index (χ3v) is 7.59. The summed E-state index contributed by atoms with van der Waals surface area (Å²) in [4.78, 5) is 6.01. The van der Waals surface area contributed by atoms with Gasteiger partial charge in [-0.05, 0) is 90.0 Å². The van der Waals surface area contributed by atoms with Crippen LogP contribution in [0, 0.1) is 6.92 Å². The fraction of sp³-hybridized carbons (Fsp3) is 0.222. The van der Waals surface area contributed by atoms with E-state index >= 15 is 0 Å². The molecule has 0 spiro atoms. The lowest BCUT2D eigenvalue weighted by atomic mass is 10.1. The van der Waals surface area contributed by atoms with E-state index < -0.39 is 0 Å². The number of rotatable bonds is 10. The van der Waals surface area contributed by atoms with Crippen molar-refractivity contribution < 1.29 is 9.47 Å². The Hall–Kier alpha value is -4.07. The van der Waals surface area contributed by atoms with Gasteiger partial charge in [0, 0.05) is 30.7 Å². The molecule has 0 N–H and O–H groups in total. The number of anilines is 1. The largest absolute Gasteiger partial charge is 0.493 e. The average molecular weight is 610 g/mol. The Balaban J connectivity index is 0.000000197. The minimum Gasteiger partial charge on any atom is -0.493 e. The first kappa shape index (κ1) is 31.9. The van der Waals surface area contributed by atoms with Crippen LogP contribution in [0.5, 0.6) is 11.5 Å². The highest BCUT2D eigenvalue weighted by atomic mass is 32.2. The number of nitrogens with zero attached hydrogens (tertiary/aromatic N) is 3. The van der Waals surface area contributed by atoms with Crippen LogP contribution in [0.3, 0.4) is 0 Å². The van der Waals surface area contributed by atoms with Crippen LogP contribution < -0.4 is 14.4 Å². The number of aromatic nitrogens is 2. The number of ether oxygens (including phenoxy) is 2. The molecule has 0 aliphatic carbocycles. The van der Waals surface area contributed by atoms with Crippen molar-refractivity contribution >= 4 is 51.3 Å². The highest BCUT2D eigenvalue weighted by Crippen LogP contribution is 2.29. The summed E-state index contributed by atoms with van der Waals surface area (Å²) in [7, 11) is 1.91. The summed E-state index contributed by atoms with van der Waals surface area (Å²) in [5, 5.41) is 4.88. The molecule has 5 rings (SSSR count). The molecule has 0 atom stereocenters. The van der Waals surface area contributed by atoms with E-state index in [-0.39, 0.29) is 0 Å². The van der Waals surface area contributed by atoms with Gasteiger partial charge in [-0.2, -0.15) is 0 Å². The van der Waals surface area contributed by atoms with E-state index in [1.807, 2.05) is 89.7 Å². The molecular weight excluding hydrogens is 571 g/mol. The van der Waals surface area contributed by atoms with Gasteiger partial charge in [-0.3, -0.25) is 0 Å².